The Balaban J connectivity index is 0.000000377. The van der Waals surface area contributed by atoms with Gasteiger partial charge in [0.05, 0.1) is 12.5 Å². The van der Waals surface area contributed by atoms with E-state index < -0.39 is 11.9 Å². The highest BCUT2D eigenvalue weighted by Crippen LogP contribution is 2.28. The first kappa shape index (κ1) is 21.9. The molecule has 1 aliphatic heterocycles. The SMILES string of the molecule is O=C(CN1CC(c2nc(-c3ccsc3)no2)C1)NC1CCCCC1.O=C(O)C(=O)O. The van der Waals surface area contributed by atoms with E-state index in [1.807, 2.05) is 16.8 Å². The first-order valence-corrected chi connectivity index (χ1v) is 10.7. The fourth-order valence-electron chi connectivity index (χ4n) is 3.49. The van der Waals surface area contributed by atoms with Crippen molar-refractivity contribution in [3.63, 3.8) is 0 Å². The Morgan fingerprint density at radius 3 is 2.47 bits per heavy atom. The predicted molar refractivity (Wildman–Crippen MR) is 107 cm³/mol. The van der Waals surface area contributed by atoms with Gasteiger partial charge >= 0.3 is 11.9 Å². The maximum Gasteiger partial charge on any atom is 0.414 e. The summed E-state index contributed by atoms with van der Waals surface area (Å²) < 4.78 is 5.38. The Hall–Kier alpha value is -2.79. The number of amides is 1. The molecule has 0 unspecified atom stereocenters. The van der Waals surface area contributed by atoms with Crippen LogP contribution in [0.2, 0.25) is 0 Å². The van der Waals surface area contributed by atoms with Crippen LogP contribution in [0.4, 0.5) is 0 Å². The van der Waals surface area contributed by atoms with Crippen molar-refractivity contribution in [2.75, 3.05) is 19.6 Å². The van der Waals surface area contributed by atoms with Crippen molar-refractivity contribution in [1.82, 2.24) is 20.4 Å². The number of aliphatic carboxylic acids is 2. The van der Waals surface area contributed by atoms with Crippen LogP contribution in [0.25, 0.3) is 11.4 Å². The van der Waals surface area contributed by atoms with Crippen molar-refractivity contribution in [3.8, 4) is 11.4 Å². The molecule has 0 spiro atoms. The molecule has 0 atom stereocenters. The zero-order chi connectivity index (χ0) is 21.5. The third-order valence-electron chi connectivity index (χ3n) is 5.05. The van der Waals surface area contributed by atoms with E-state index in [9.17, 15) is 4.79 Å². The standard InChI is InChI=1S/C17H22N4O2S.C2H2O4/c22-15(18-14-4-2-1-3-5-14)10-21-8-13(9-21)17-19-16(20-23-17)12-6-7-24-11-12;3-1(4)2(5)6/h6-7,11,13-14H,1-5,8-10H2,(H,18,22);(H,3,4)(H,5,6). The summed E-state index contributed by atoms with van der Waals surface area (Å²) in [5.41, 5.74) is 0.998. The monoisotopic (exact) mass is 436 g/mol. The summed E-state index contributed by atoms with van der Waals surface area (Å²) in [4.78, 5) is 36.9. The fraction of sp³-hybridized carbons (Fsp3) is 0.526. The molecule has 1 aliphatic carbocycles. The molecule has 3 heterocycles. The third kappa shape index (κ3) is 6.10. The second kappa shape index (κ2) is 10.3. The van der Waals surface area contributed by atoms with E-state index in [-0.39, 0.29) is 11.8 Å². The van der Waals surface area contributed by atoms with E-state index in [2.05, 4.69) is 20.4 Å². The van der Waals surface area contributed by atoms with Gasteiger partial charge in [0, 0.05) is 30.1 Å². The minimum Gasteiger partial charge on any atom is -0.473 e. The van der Waals surface area contributed by atoms with Crippen LogP contribution in [0.1, 0.15) is 43.9 Å². The van der Waals surface area contributed by atoms with Crippen LogP contribution in [-0.2, 0) is 14.4 Å². The van der Waals surface area contributed by atoms with Gasteiger partial charge in [0.25, 0.3) is 0 Å². The van der Waals surface area contributed by atoms with E-state index in [0.717, 1.165) is 31.5 Å². The zero-order valence-corrected chi connectivity index (χ0v) is 17.1. The molecule has 11 heteroatoms. The number of likely N-dealkylation sites (tertiary alicyclic amines) is 1. The molecule has 1 amide bonds. The van der Waals surface area contributed by atoms with Crippen molar-refractivity contribution in [2.45, 2.75) is 44.1 Å². The summed E-state index contributed by atoms with van der Waals surface area (Å²) in [5, 5.41) is 26.0. The molecule has 0 bridgehead atoms. The average Bonchev–Trinajstić information content (AvgIpc) is 3.37. The number of carbonyl (C=O) groups excluding carboxylic acids is 1. The number of carboxylic acids is 2. The summed E-state index contributed by atoms with van der Waals surface area (Å²) in [6.07, 6.45) is 6.03. The molecule has 2 aromatic rings. The molecule has 2 fully saturated rings. The normalized spacial score (nSPS) is 17.5. The Morgan fingerprint density at radius 2 is 1.87 bits per heavy atom. The van der Waals surface area contributed by atoms with Gasteiger partial charge in [-0.05, 0) is 24.3 Å². The second-order valence-corrected chi connectivity index (χ2v) is 8.15. The van der Waals surface area contributed by atoms with Crippen LogP contribution in [0.5, 0.6) is 0 Å². The van der Waals surface area contributed by atoms with Gasteiger partial charge in [0.15, 0.2) is 0 Å². The van der Waals surface area contributed by atoms with E-state index in [1.165, 1.54) is 19.3 Å². The highest BCUT2D eigenvalue weighted by Gasteiger charge is 2.34. The maximum atomic E-state index is 12.1. The number of rotatable bonds is 5. The topological polar surface area (TPSA) is 146 Å². The first-order chi connectivity index (χ1) is 14.4. The van der Waals surface area contributed by atoms with Crippen molar-refractivity contribution < 1.29 is 29.1 Å². The molecule has 10 nitrogen and oxygen atoms in total. The molecular weight excluding hydrogens is 412 g/mol. The highest BCUT2D eigenvalue weighted by molar-refractivity contribution is 7.08. The van der Waals surface area contributed by atoms with Gasteiger partial charge in [-0.15, -0.1) is 0 Å². The number of carbonyl (C=O) groups is 3. The van der Waals surface area contributed by atoms with Gasteiger partial charge in [-0.2, -0.15) is 16.3 Å². The molecule has 0 radical (unpaired) electrons. The van der Waals surface area contributed by atoms with Crippen molar-refractivity contribution >= 4 is 29.2 Å². The maximum absolute atomic E-state index is 12.1. The molecule has 30 heavy (non-hydrogen) atoms. The van der Waals surface area contributed by atoms with Gasteiger partial charge in [-0.3, -0.25) is 9.69 Å². The van der Waals surface area contributed by atoms with Crippen LogP contribution in [0.15, 0.2) is 21.3 Å². The third-order valence-corrected chi connectivity index (χ3v) is 5.73. The number of carboxylic acid groups (broad SMARTS) is 2. The fourth-order valence-corrected chi connectivity index (χ4v) is 4.12. The zero-order valence-electron chi connectivity index (χ0n) is 16.3. The van der Waals surface area contributed by atoms with E-state index in [0.29, 0.717) is 24.3 Å². The van der Waals surface area contributed by atoms with Gasteiger partial charge in [-0.1, -0.05) is 24.4 Å². The summed E-state index contributed by atoms with van der Waals surface area (Å²) in [5.74, 6) is -1.93. The summed E-state index contributed by atoms with van der Waals surface area (Å²) in [6.45, 7) is 2.09. The molecular formula is C19H24N4O6S. The number of nitrogens with one attached hydrogen (secondary N) is 1. The lowest BCUT2D eigenvalue weighted by molar-refractivity contribution is -0.159. The Bertz CT molecular complexity index is 844. The molecule has 1 saturated carbocycles. The van der Waals surface area contributed by atoms with Crippen LogP contribution in [0, 0.1) is 0 Å². The summed E-state index contributed by atoms with van der Waals surface area (Å²) in [7, 11) is 0. The number of hydrogen-bond acceptors (Lipinski definition) is 8. The molecule has 0 aromatic carbocycles. The Morgan fingerprint density at radius 1 is 1.17 bits per heavy atom. The second-order valence-electron chi connectivity index (χ2n) is 7.37. The lowest BCUT2D eigenvalue weighted by Gasteiger charge is -2.36. The Kier molecular flexibility index (Phi) is 7.52. The number of nitrogens with zero attached hydrogens (tertiary/aromatic N) is 3. The van der Waals surface area contributed by atoms with Crippen molar-refractivity contribution in [2.24, 2.45) is 0 Å². The molecule has 1 saturated heterocycles. The molecule has 4 rings (SSSR count). The average molecular weight is 436 g/mol. The van der Waals surface area contributed by atoms with Gasteiger partial charge in [0.2, 0.25) is 17.6 Å². The van der Waals surface area contributed by atoms with Crippen LogP contribution in [0.3, 0.4) is 0 Å². The van der Waals surface area contributed by atoms with E-state index >= 15 is 0 Å². The largest absolute Gasteiger partial charge is 0.473 e. The molecule has 2 aliphatic rings. The lowest BCUT2D eigenvalue weighted by Crippen LogP contribution is -2.51. The van der Waals surface area contributed by atoms with Gasteiger partial charge < -0.3 is 20.1 Å². The number of aromatic nitrogens is 2. The Labute approximate surface area is 176 Å². The molecule has 162 valence electrons. The summed E-state index contributed by atoms with van der Waals surface area (Å²) in [6, 6.07) is 2.37. The summed E-state index contributed by atoms with van der Waals surface area (Å²) >= 11 is 1.62. The number of thiophene rings is 1. The smallest absolute Gasteiger partial charge is 0.414 e. The predicted octanol–water partition coefficient (Wildman–Crippen LogP) is 1.80. The number of hydrogen-bond donors (Lipinski definition) is 3. The van der Waals surface area contributed by atoms with Crippen LogP contribution >= 0.6 is 11.3 Å². The van der Waals surface area contributed by atoms with E-state index in [1.54, 1.807) is 11.3 Å². The lowest BCUT2D eigenvalue weighted by atomic mass is 9.95. The van der Waals surface area contributed by atoms with Crippen molar-refractivity contribution in [1.29, 1.82) is 0 Å². The first-order valence-electron chi connectivity index (χ1n) is 9.76. The molecule has 2 aromatic heterocycles. The minimum absolute atomic E-state index is 0.143. The highest BCUT2D eigenvalue weighted by atomic mass is 32.1. The van der Waals surface area contributed by atoms with Crippen LogP contribution in [-0.4, -0.2) is 68.8 Å². The molecule has 3 N–H and O–H groups in total. The minimum atomic E-state index is -1.82. The van der Waals surface area contributed by atoms with Crippen molar-refractivity contribution in [3.05, 3.63) is 22.7 Å². The van der Waals surface area contributed by atoms with Crippen LogP contribution < -0.4 is 5.32 Å². The van der Waals surface area contributed by atoms with Gasteiger partial charge in [0.1, 0.15) is 0 Å². The van der Waals surface area contributed by atoms with E-state index in [4.69, 9.17) is 24.3 Å². The van der Waals surface area contributed by atoms with Gasteiger partial charge in [-0.25, -0.2) is 9.59 Å². The quantitative estimate of drug-likeness (QED) is 0.597.